The Labute approximate surface area is 272 Å². The van der Waals surface area contributed by atoms with Crippen molar-refractivity contribution < 1.29 is 0 Å². The Bertz CT molecular complexity index is 2510. The van der Waals surface area contributed by atoms with Crippen molar-refractivity contribution in [3.8, 4) is 22.3 Å². The number of hydrogen-bond acceptors (Lipinski definition) is 2. The normalized spacial score (nSPS) is 11.5. The molecule has 0 saturated heterocycles. The molecule has 0 amide bonds. The number of hydrogen-bond donors (Lipinski definition) is 0. The van der Waals surface area contributed by atoms with E-state index in [1.165, 1.54) is 69.7 Å². The number of nitrogens with zero attached hydrogens (tertiary/aromatic N) is 1. The third-order valence-electron chi connectivity index (χ3n) is 9.02. The van der Waals surface area contributed by atoms with E-state index in [2.05, 4.69) is 181 Å². The van der Waals surface area contributed by atoms with Crippen molar-refractivity contribution in [2.24, 2.45) is 0 Å². The van der Waals surface area contributed by atoms with Gasteiger partial charge in [-0.25, -0.2) is 0 Å². The SMILES string of the molecule is c1ccc(-c2cccc3cccc(-c4ccc(N(c5ccccc5)c5cccc6sc7cc8ccccc8cc7c56)cc4)c23)cc1. The summed E-state index contributed by atoms with van der Waals surface area (Å²) in [6, 6.07) is 63.9. The van der Waals surface area contributed by atoms with Crippen molar-refractivity contribution in [1.82, 2.24) is 0 Å². The van der Waals surface area contributed by atoms with E-state index < -0.39 is 0 Å². The van der Waals surface area contributed by atoms with E-state index in [1.807, 2.05) is 11.3 Å². The molecule has 1 nitrogen and oxygen atoms in total. The molecule has 0 fully saturated rings. The summed E-state index contributed by atoms with van der Waals surface area (Å²) in [5, 5.41) is 7.68. The molecular formula is C44H29NS. The number of thiophene rings is 1. The molecule has 0 aliphatic rings. The Morgan fingerprint density at radius 3 is 1.65 bits per heavy atom. The average molecular weight is 604 g/mol. The molecule has 1 heterocycles. The molecule has 0 atom stereocenters. The zero-order chi connectivity index (χ0) is 30.5. The minimum absolute atomic E-state index is 1.13. The molecule has 0 saturated carbocycles. The van der Waals surface area contributed by atoms with Gasteiger partial charge in [-0.2, -0.15) is 0 Å². The van der Waals surface area contributed by atoms with Crippen molar-refractivity contribution in [3.05, 3.63) is 176 Å². The van der Waals surface area contributed by atoms with E-state index in [4.69, 9.17) is 0 Å². The van der Waals surface area contributed by atoms with Crippen LogP contribution >= 0.6 is 11.3 Å². The molecule has 9 rings (SSSR count). The van der Waals surface area contributed by atoms with Gasteiger partial charge in [-0.15, -0.1) is 11.3 Å². The van der Waals surface area contributed by atoms with Gasteiger partial charge in [0, 0.05) is 31.5 Å². The maximum Gasteiger partial charge on any atom is 0.0554 e. The maximum absolute atomic E-state index is 2.41. The highest BCUT2D eigenvalue weighted by atomic mass is 32.1. The van der Waals surface area contributed by atoms with Crippen LogP contribution in [0.3, 0.4) is 0 Å². The predicted octanol–water partition coefficient (Wildman–Crippen LogP) is 13.2. The van der Waals surface area contributed by atoms with Crippen LogP contribution in [0.15, 0.2) is 176 Å². The molecule has 8 aromatic carbocycles. The number of anilines is 3. The Kier molecular flexibility index (Phi) is 6.40. The van der Waals surface area contributed by atoms with Gasteiger partial charge in [0.15, 0.2) is 0 Å². The summed E-state index contributed by atoms with van der Waals surface area (Å²) in [5.41, 5.74) is 8.40. The minimum atomic E-state index is 1.13. The largest absolute Gasteiger partial charge is 0.310 e. The summed E-state index contributed by atoms with van der Waals surface area (Å²) in [6.07, 6.45) is 0. The minimum Gasteiger partial charge on any atom is -0.310 e. The Balaban J connectivity index is 1.22. The van der Waals surface area contributed by atoms with Crippen LogP contribution in [0, 0.1) is 0 Å². The van der Waals surface area contributed by atoms with Crippen LogP contribution in [0.25, 0.3) is 64.0 Å². The summed E-state index contributed by atoms with van der Waals surface area (Å²) in [5.74, 6) is 0. The molecule has 9 aromatic rings. The summed E-state index contributed by atoms with van der Waals surface area (Å²) >= 11 is 1.87. The predicted molar refractivity (Wildman–Crippen MR) is 200 cm³/mol. The zero-order valence-electron chi connectivity index (χ0n) is 25.1. The van der Waals surface area contributed by atoms with Gasteiger partial charge < -0.3 is 4.90 Å². The fraction of sp³-hybridized carbons (Fsp3) is 0. The smallest absolute Gasteiger partial charge is 0.0554 e. The van der Waals surface area contributed by atoms with Crippen LogP contribution in [0.5, 0.6) is 0 Å². The van der Waals surface area contributed by atoms with Crippen LogP contribution in [-0.2, 0) is 0 Å². The van der Waals surface area contributed by atoms with Gasteiger partial charge in [0.25, 0.3) is 0 Å². The number of para-hydroxylation sites is 1. The molecule has 0 aliphatic heterocycles. The van der Waals surface area contributed by atoms with Crippen LogP contribution < -0.4 is 4.90 Å². The van der Waals surface area contributed by atoms with Crippen LogP contribution in [-0.4, -0.2) is 0 Å². The quantitative estimate of drug-likeness (QED) is 0.189. The second-order valence-corrected chi connectivity index (χ2v) is 12.8. The van der Waals surface area contributed by atoms with Gasteiger partial charge in [-0.1, -0.05) is 127 Å². The van der Waals surface area contributed by atoms with Crippen molar-refractivity contribution in [2.45, 2.75) is 0 Å². The highest BCUT2D eigenvalue weighted by Crippen LogP contribution is 2.46. The molecule has 216 valence electrons. The van der Waals surface area contributed by atoms with Gasteiger partial charge in [0.1, 0.15) is 0 Å². The lowest BCUT2D eigenvalue weighted by Gasteiger charge is -2.26. The second kappa shape index (κ2) is 11.0. The van der Waals surface area contributed by atoms with Crippen molar-refractivity contribution in [3.63, 3.8) is 0 Å². The average Bonchev–Trinajstić information content (AvgIpc) is 3.49. The highest BCUT2D eigenvalue weighted by Gasteiger charge is 2.19. The van der Waals surface area contributed by atoms with Crippen molar-refractivity contribution in [2.75, 3.05) is 4.90 Å². The van der Waals surface area contributed by atoms with E-state index >= 15 is 0 Å². The molecule has 0 spiro atoms. The Hall–Kier alpha value is -5.70. The third-order valence-corrected chi connectivity index (χ3v) is 10.1. The molecule has 46 heavy (non-hydrogen) atoms. The topological polar surface area (TPSA) is 3.24 Å². The van der Waals surface area contributed by atoms with E-state index in [0.29, 0.717) is 0 Å². The molecular weight excluding hydrogens is 575 g/mol. The third kappa shape index (κ3) is 4.46. The van der Waals surface area contributed by atoms with Crippen LogP contribution in [0.1, 0.15) is 0 Å². The fourth-order valence-electron chi connectivity index (χ4n) is 6.91. The highest BCUT2D eigenvalue weighted by molar-refractivity contribution is 7.26. The Morgan fingerprint density at radius 1 is 0.370 bits per heavy atom. The first kappa shape index (κ1) is 26.7. The van der Waals surface area contributed by atoms with Gasteiger partial charge in [0.2, 0.25) is 0 Å². The number of rotatable bonds is 5. The molecule has 0 radical (unpaired) electrons. The fourth-order valence-corrected chi connectivity index (χ4v) is 8.07. The lowest BCUT2D eigenvalue weighted by atomic mass is 9.91. The standard InChI is InChI=1S/C44H29NS/c1-3-12-30(13-4-1)37-20-9-16-32-17-10-21-38(43(32)37)31-24-26-36(27-25-31)45(35-18-5-2-6-19-35)40-22-11-23-41-44(40)39-28-33-14-7-8-15-34(33)29-42(39)46-41/h1-29H. The molecule has 0 N–H and O–H groups in total. The number of fused-ring (bicyclic) bond motifs is 5. The van der Waals surface area contributed by atoms with Gasteiger partial charge >= 0.3 is 0 Å². The second-order valence-electron chi connectivity index (χ2n) is 11.7. The lowest BCUT2D eigenvalue weighted by Crippen LogP contribution is -2.10. The van der Waals surface area contributed by atoms with Crippen molar-refractivity contribution >= 4 is 70.1 Å². The molecule has 0 aliphatic carbocycles. The zero-order valence-corrected chi connectivity index (χ0v) is 25.9. The van der Waals surface area contributed by atoms with E-state index in [0.717, 1.165) is 11.4 Å². The first-order valence-corrected chi connectivity index (χ1v) is 16.5. The monoisotopic (exact) mass is 603 g/mol. The van der Waals surface area contributed by atoms with Gasteiger partial charge in [0.05, 0.1) is 5.69 Å². The summed E-state index contributed by atoms with van der Waals surface area (Å²) in [4.78, 5) is 2.41. The van der Waals surface area contributed by atoms with E-state index in [-0.39, 0.29) is 0 Å². The summed E-state index contributed by atoms with van der Waals surface area (Å²) in [7, 11) is 0. The number of benzene rings is 8. The first-order chi connectivity index (χ1) is 22.8. The molecule has 1 aromatic heterocycles. The van der Waals surface area contributed by atoms with Crippen molar-refractivity contribution in [1.29, 1.82) is 0 Å². The van der Waals surface area contributed by atoms with Crippen LogP contribution in [0.2, 0.25) is 0 Å². The molecule has 0 bridgehead atoms. The van der Waals surface area contributed by atoms with E-state index in [9.17, 15) is 0 Å². The summed E-state index contributed by atoms with van der Waals surface area (Å²) in [6.45, 7) is 0. The maximum atomic E-state index is 2.41. The van der Waals surface area contributed by atoms with Gasteiger partial charge in [-0.3, -0.25) is 0 Å². The van der Waals surface area contributed by atoms with Crippen LogP contribution in [0.4, 0.5) is 17.1 Å². The van der Waals surface area contributed by atoms with Gasteiger partial charge in [-0.05, 0) is 92.3 Å². The summed E-state index contributed by atoms with van der Waals surface area (Å²) < 4.78 is 2.61. The van der Waals surface area contributed by atoms with E-state index in [1.54, 1.807) is 0 Å². The molecule has 0 unspecified atom stereocenters. The Morgan fingerprint density at radius 2 is 0.935 bits per heavy atom. The first-order valence-electron chi connectivity index (χ1n) is 15.7. The molecule has 2 heteroatoms. The lowest BCUT2D eigenvalue weighted by molar-refractivity contribution is 1.30.